The lowest BCUT2D eigenvalue weighted by atomic mass is 9.96. The quantitative estimate of drug-likeness (QED) is 0.689. The van der Waals surface area contributed by atoms with Gasteiger partial charge in [-0.05, 0) is 68.8 Å². The van der Waals surface area contributed by atoms with Crippen LogP contribution in [0.4, 0.5) is 0 Å². The molecule has 1 amide bonds. The lowest BCUT2D eigenvalue weighted by Gasteiger charge is -2.38. The molecule has 3 rings (SSSR count). The number of benzene rings is 1. The molecule has 7 heteroatoms. The maximum atomic E-state index is 13.0. The van der Waals surface area contributed by atoms with Gasteiger partial charge in [0.1, 0.15) is 0 Å². The third-order valence-electron chi connectivity index (χ3n) is 6.63. The summed E-state index contributed by atoms with van der Waals surface area (Å²) in [5.74, 6) is 0.857. The molecular weight excluding hydrogens is 398 g/mol. The molecule has 0 radical (unpaired) electrons. The normalized spacial score (nSPS) is 20.1. The highest BCUT2D eigenvalue weighted by atomic mass is 32.2. The van der Waals surface area contributed by atoms with E-state index < -0.39 is 10.0 Å². The first-order valence-corrected chi connectivity index (χ1v) is 12.7. The first-order chi connectivity index (χ1) is 14.2. The Balaban J connectivity index is 1.51. The van der Waals surface area contributed by atoms with Gasteiger partial charge in [-0.3, -0.25) is 9.69 Å². The van der Waals surface area contributed by atoms with Gasteiger partial charge in [0.05, 0.1) is 4.90 Å². The van der Waals surface area contributed by atoms with Crippen molar-refractivity contribution in [3.8, 4) is 0 Å². The number of piperazine rings is 1. The molecule has 0 N–H and O–H groups in total. The summed E-state index contributed by atoms with van der Waals surface area (Å²) >= 11 is 0. The van der Waals surface area contributed by atoms with Gasteiger partial charge in [0.15, 0.2) is 0 Å². The third kappa shape index (κ3) is 5.42. The second kappa shape index (κ2) is 9.79. The summed E-state index contributed by atoms with van der Waals surface area (Å²) in [5, 5.41) is 0. The average Bonchev–Trinajstić information content (AvgIpc) is 2.74. The molecule has 30 heavy (non-hydrogen) atoms. The number of piperidine rings is 1. The Kier molecular flexibility index (Phi) is 7.58. The van der Waals surface area contributed by atoms with Gasteiger partial charge >= 0.3 is 0 Å². The Morgan fingerprint density at radius 3 is 2.20 bits per heavy atom. The molecule has 2 fully saturated rings. The summed E-state index contributed by atoms with van der Waals surface area (Å²) < 4.78 is 27.5. The van der Waals surface area contributed by atoms with E-state index in [4.69, 9.17) is 0 Å². The zero-order valence-electron chi connectivity index (χ0n) is 18.9. The lowest BCUT2D eigenvalue weighted by Crippen LogP contribution is -2.52. The van der Waals surface area contributed by atoms with E-state index in [1.54, 1.807) is 16.4 Å². The predicted octanol–water partition coefficient (Wildman–Crippen LogP) is 2.89. The molecule has 0 bridgehead atoms. The van der Waals surface area contributed by atoms with Gasteiger partial charge in [-0.2, -0.15) is 4.31 Å². The topological polar surface area (TPSA) is 60.9 Å². The fourth-order valence-electron chi connectivity index (χ4n) is 4.26. The van der Waals surface area contributed by atoms with Crippen molar-refractivity contribution in [2.24, 2.45) is 11.8 Å². The van der Waals surface area contributed by atoms with Crippen molar-refractivity contribution in [1.82, 2.24) is 14.1 Å². The number of nitrogens with zero attached hydrogens (tertiary/aromatic N) is 3. The van der Waals surface area contributed by atoms with Crippen LogP contribution in [0.3, 0.4) is 0 Å². The average molecular weight is 436 g/mol. The van der Waals surface area contributed by atoms with E-state index >= 15 is 0 Å². The number of hydrogen-bond acceptors (Lipinski definition) is 4. The first kappa shape index (κ1) is 23.2. The first-order valence-electron chi connectivity index (χ1n) is 11.3. The van der Waals surface area contributed by atoms with Crippen LogP contribution in [0.15, 0.2) is 23.1 Å². The van der Waals surface area contributed by atoms with Crippen LogP contribution in [0.25, 0.3) is 0 Å². The fourth-order valence-corrected chi connectivity index (χ4v) is 5.81. The maximum absolute atomic E-state index is 13.0. The van der Waals surface area contributed by atoms with Gasteiger partial charge in [0.25, 0.3) is 0 Å². The van der Waals surface area contributed by atoms with E-state index in [9.17, 15) is 13.2 Å². The number of hydrogen-bond donors (Lipinski definition) is 0. The molecule has 0 spiro atoms. The Morgan fingerprint density at radius 2 is 1.63 bits per heavy atom. The van der Waals surface area contributed by atoms with Crippen LogP contribution < -0.4 is 0 Å². The van der Waals surface area contributed by atoms with Crippen LogP contribution in [0.5, 0.6) is 0 Å². The van der Waals surface area contributed by atoms with Crippen molar-refractivity contribution < 1.29 is 13.2 Å². The number of carbonyl (C=O) groups is 1. The maximum Gasteiger partial charge on any atom is 0.243 e. The number of aryl methyl sites for hydroxylation is 2. The van der Waals surface area contributed by atoms with Gasteiger partial charge in [-0.15, -0.1) is 0 Å². The van der Waals surface area contributed by atoms with Crippen LogP contribution in [-0.4, -0.2) is 74.2 Å². The SMILES string of the molecule is Cc1ccc(S(=O)(=O)N2CCC(C(=O)N3CCN(CCC(C)C)CC3)CC2)cc1C. The standard InChI is InChI=1S/C23H37N3O3S/c1-18(2)7-10-24-13-15-25(16-14-24)23(27)21-8-11-26(12-9-21)30(28,29)22-6-5-19(3)20(4)17-22/h5-6,17-18,21H,7-16H2,1-4H3. The van der Waals surface area contributed by atoms with Crippen molar-refractivity contribution in [3.05, 3.63) is 29.3 Å². The summed E-state index contributed by atoms with van der Waals surface area (Å²) in [6, 6.07) is 5.30. The predicted molar refractivity (Wildman–Crippen MR) is 120 cm³/mol. The van der Waals surface area contributed by atoms with E-state index in [0.29, 0.717) is 36.7 Å². The van der Waals surface area contributed by atoms with Crippen LogP contribution in [0.2, 0.25) is 0 Å². The van der Waals surface area contributed by atoms with E-state index in [2.05, 4.69) is 18.7 Å². The monoisotopic (exact) mass is 435 g/mol. The zero-order valence-corrected chi connectivity index (χ0v) is 19.7. The van der Waals surface area contributed by atoms with Crippen molar-refractivity contribution in [2.45, 2.75) is 51.9 Å². The van der Waals surface area contributed by atoms with Gasteiger partial charge in [0, 0.05) is 45.2 Å². The summed E-state index contributed by atoms with van der Waals surface area (Å²) in [4.78, 5) is 17.8. The number of sulfonamides is 1. The molecule has 2 aliphatic rings. The van der Waals surface area contributed by atoms with E-state index in [0.717, 1.165) is 43.9 Å². The van der Waals surface area contributed by atoms with Crippen LogP contribution in [0, 0.1) is 25.7 Å². The molecule has 0 aromatic heterocycles. The van der Waals surface area contributed by atoms with Crippen LogP contribution >= 0.6 is 0 Å². The molecular formula is C23H37N3O3S. The molecule has 2 saturated heterocycles. The van der Waals surface area contributed by atoms with E-state index in [1.807, 2.05) is 24.8 Å². The minimum absolute atomic E-state index is 0.0570. The molecule has 6 nitrogen and oxygen atoms in total. The molecule has 0 aliphatic carbocycles. The Bertz CT molecular complexity index is 837. The largest absolute Gasteiger partial charge is 0.340 e. The summed E-state index contributed by atoms with van der Waals surface area (Å²) in [6.07, 6.45) is 2.41. The second-order valence-electron chi connectivity index (χ2n) is 9.27. The van der Waals surface area contributed by atoms with Gasteiger partial charge in [-0.25, -0.2) is 8.42 Å². The fraction of sp³-hybridized carbons (Fsp3) is 0.696. The van der Waals surface area contributed by atoms with Gasteiger partial charge in [0.2, 0.25) is 15.9 Å². The molecule has 0 unspecified atom stereocenters. The van der Waals surface area contributed by atoms with Gasteiger partial charge in [-0.1, -0.05) is 19.9 Å². The highest BCUT2D eigenvalue weighted by molar-refractivity contribution is 7.89. The summed E-state index contributed by atoms with van der Waals surface area (Å²) in [6.45, 7) is 13.8. The minimum Gasteiger partial charge on any atom is -0.340 e. The molecule has 2 heterocycles. The highest BCUT2D eigenvalue weighted by Gasteiger charge is 2.34. The molecule has 168 valence electrons. The Morgan fingerprint density at radius 1 is 1.00 bits per heavy atom. The third-order valence-corrected chi connectivity index (χ3v) is 8.52. The van der Waals surface area contributed by atoms with E-state index in [1.165, 1.54) is 6.42 Å². The van der Waals surface area contributed by atoms with Crippen LogP contribution in [0.1, 0.15) is 44.2 Å². The van der Waals surface area contributed by atoms with Gasteiger partial charge < -0.3 is 4.90 Å². The number of amides is 1. The molecule has 1 aromatic rings. The van der Waals surface area contributed by atoms with Crippen molar-refractivity contribution in [2.75, 3.05) is 45.8 Å². The second-order valence-corrected chi connectivity index (χ2v) is 11.2. The lowest BCUT2D eigenvalue weighted by molar-refractivity contribution is -0.138. The van der Waals surface area contributed by atoms with Crippen LogP contribution in [-0.2, 0) is 14.8 Å². The zero-order chi connectivity index (χ0) is 21.9. The molecule has 0 saturated carbocycles. The molecule has 0 atom stereocenters. The summed E-state index contributed by atoms with van der Waals surface area (Å²) in [7, 11) is -3.49. The van der Waals surface area contributed by atoms with Crippen molar-refractivity contribution >= 4 is 15.9 Å². The van der Waals surface area contributed by atoms with Crippen molar-refractivity contribution in [1.29, 1.82) is 0 Å². The van der Waals surface area contributed by atoms with Crippen molar-refractivity contribution in [3.63, 3.8) is 0 Å². The smallest absolute Gasteiger partial charge is 0.243 e. The Labute approximate surface area is 182 Å². The number of carbonyl (C=O) groups excluding carboxylic acids is 1. The highest BCUT2D eigenvalue weighted by Crippen LogP contribution is 2.26. The molecule has 1 aromatic carbocycles. The minimum atomic E-state index is -3.49. The van der Waals surface area contributed by atoms with E-state index in [-0.39, 0.29) is 11.8 Å². The molecule has 2 aliphatic heterocycles. The number of rotatable bonds is 6. The Hall–Kier alpha value is -1.44. The summed E-state index contributed by atoms with van der Waals surface area (Å²) in [5.41, 5.74) is 2.07.